The SMILES string of the molecule is O=[P+](O)O.O=[P+](O)O.O=[P+](O)O.O=[P+](O)O.c1cc2ccc3cccc4ccc(c1)c2c34. The van der Waals surface area contributed by atoms with E-state index in [1.807, 2.05) is 0 Å². The predicted octanol–water partition coefficient (Wildman–Crippen LogP) is 3.10. The van der Waals surface area contributed by atoms with Crippen LogP contribution < -0.4 is 0 Å². The van der Waals surface area contributed by atoms with E-state index in [0.29, 0.717) is 0 Å². The van der Waals surface area contributed by atoms with Crippen molar-refractivity contribution in [2.24, 2.45) is 0 Å². The molecule has 0 aliphatic heterocycles. The molecule has 16 heteroatoms. The zero-order valence-corrected chi connectivity index (χ0v) is 19.4. The Morgan fingerprint density at radius 3 is 0.688 bits per heavy atom. The van der Waals surface area contributed by atoms with Gasteiger partial charge < -0.3 is 0 Å². The molecular weight excluding hydrogens is 508 g/mol. The van der Waals surface area contributed by atoms with Crippen molar-refractivity contribution in [2.75, 3.05) is 0 Å². The molecule has 0 spiro atoms. The van der Waals surface area contributed by atoms with Crippen LogP contribution in [-0.2, 0) is 18.3 Å². The van der Waals surface area contributed by atoms with Crippen LogP contribution in [0.1, 0.15) is 0 Å². The molecule has 0 aromatic heterocycles. The molecule has 4 aromatic carbocycles. The van der Waals surface area contributed by atoms with Crippen molar-refractivity contribution in [1.82, 2.24) is 0 Å². The van der Waals surface area contributed by atoms with Crippen molar-refractivity contribution in [1.29, 1.82) is 0 Å². The van der Waals surface area contributed by atoms with Gasteiger partial charge in [-0.2, -0.15) is 0 Å². The smallest absolute Gasteiger partial charge is 0.134 e. The van der Waals surface area contributed by atoms with Gasteiger partial charge in [-0.1, -0.05) is 60.7 Å². The quantitative estimate of drug-likeness (QED) is 0.122. The summed E-state index contributed by atoms with van der Waals surface area (Å²) in [5.41, 5.74) is 0. The van der Waals surface area contributed by atoms with Gasteiger partial charge in [0.15, 0.2) is 0 Å². The highest BCUT2D eigenvalue weighted by Crippen LogP contribution is 2.33. The fraction of sp³-hybridized carbons (Fsp3) is 0. The lowest BCUT2D eigenvalue weighted by atomic mass is 9.95. The number of rotatable bonds is 0. The van der Waals surface area contributed by atoms with Gasteiger partial charge in [0.05, 0.1) is 0 Å². The molecule has 0 atom stereocenters. The standard InChI is InChI=1S/C16H10.4HO3P/c1-3-11-7-9-13-5-2-6-14-10-8-12(4-1)15(11)16(13)14;4*1-4(2)3/h1-10H;4*(H-,1,2,3)/p+4. The van der Waals surface area contributed by atoms with E-state index in [1.54, 1.807) is 0 Å². The summed E-state index contributed by atoms with van der Waals surface area (Å²) in [4.78, 5) is 57.0. The van der Waals surface area contributed by atoms with Crippen LogP contribution in [0, 0.1) is 0 Å². The highest BCUT2D eigenvalue weighted by Gasteiger charge is 2.06. The van der Waals surface area contributed by atoms with Crippen LogP contribution >= 0.6 is 33.0 Å². The molecule has 4 rings (SSSR count). The molecule has 0 fully saturated rings. The third-order valence-corrected chi connectivity index (χ3v) is 3.39. The van der Waals surface area contributed by atoms with E-state index in [2.05, 4.69) is 60.7 Å². The summed E-state index contributed by atoms with van der Waals surface area (Å²) < 4.78 is 34.8. The van der Waals surface area contributed by atoms with Crippen molar-refractivity contribution in [3.63, 3.8) is 0 Å². The summed E-state index contributed by atoms with van der Waals surface area (Å²) in [5.74, 6) is 0. The monoisotopic (exact) mass is 526 g/mol. The molecule has 0 heterocycles. The van der Waals surface area contributed by atoms with Gasteiger partial charge >= 0.3 is 33.0 Å². The van der Waals surface area contributed by atoms with E-state index in [9.17, 15) is 0 Å². The highest BCUT2D eigenvalue weighted by molar-refractivity contribution is 7.31. The first-order valence-corrected chi connectivity index (χ1v) is 12.6. The molecule has 0 bridgehead atoms. The number of hydrogen-bond donors (Lipinski definition) is 8. The van der Waals surface area contributed by atoms with E-state index in [0.717, 1.165) is 0 Å². The maximum atomic E-state index is 8.70. The third-order valence-electron chi connectivity index (χ3n) is 3.39. The molecule has 170 valence electrons. The van der Waals surface area contributed by atoms with Gasteiger partial charge in [0.2, 0.25) is 0 Å². The lowest BCUT2D eigenvalue weighted by Crippen LogP contribution is -1.82. The Balaban J connectivity index is 0.000000501. The third kappa shape index (κ3) is 12.8. The molecule has 0 amide bonds. The minimum Gasteiger partial charge on any atom is -0.134 e. The second-order valence-electron chi connectivity index (χ2n) is 5.30. The first-order valence-electron chi connectivity index (χ1n) is 7.89. The van der Waals surface area contributed by atoms with E-state index in [-0.39, 0.29) is 0 Å². The molecule has 4 aromatic rings. The van der Waals surface area contributed by atoms with Crippen LogP contribution in [0.5, 0.6) is 0 Å². The summed E-state index contributed by atoms with van der Waals surface area (Å²) in [6, 6.07) is 21.9. The van der Waals surface area contributed by atoms with Gasteiger partial charge in [-0.05, 0) is 32.3 Å². The molecule has 8 N–H and O–H groups in total. The summed E-state index contributed by atoms with van der Waals surface area (Å²) in [6.07, 6.45) is 0. The van der Waals surface area contributed by atoms with E-state index < -0.39 is 33.0 Å². The lowest BCUT2D eigenvalue weighted by molar-refractivity contribution is 0.403. The molecular formula is C16H18O12P4+4. The second kappa shape index (κ2) is 15.7. The van der Waals surface area contributed by atoms with Gasteiger partial charge in [-0.15, -0.1) is 39.1 Å². The second-order valence-corrected chi connectivity index (χ2v) is 7.32. The molecule has 0 unspecified atom stereocenters. The van der Waals surface area contributed by atoms with Crippen LogP contribution in [0.2, 0.25) is 0 Å². The van der Waals surface area contributed by atoms with Crippen LogP contribution in [0.25, 0.3) is 32.3 Å². The molecule has 12 nitrogen and oxygen atoms in total. The summed E-state index contributed by atoms with van der Waals surface area (Å²) in [5, 5.41) is 8.14. The van der Waals surface area contributed by atoms with Crippen molar-refractivity contribution in [2.45, 2.75) is 0 Å². The Bertz CT molecular complexity index is 1010. The van der Waals surface area contributed by atoms with Gasteiger partial charge in [-0.3, -0.25) is 0 Å². The Labute approximate surface area is 183 Å². The first kappa shape index (κ1) is 30.0. The zero-order valence-electron chi connectivity index (χ0n) is 15.8. The van der Waals surface area contributed by atoms with Crippen molar-refractivity contribution in [3.8, 4) is 0 Å². The average molecular weight is 526 g/mol. The van der Waals surface area contributed by atoms with Crippen molar-refractivity contribution >= 4 is 65.3 Å². The minimum absolute atomic E-state index is 1.34. The largest absolute Gasteiger partial charge is 0.692 e. The normalized spacial score (nSPS) is 9.12. The van der Waals surface area contributed by atoms with E-state index in [4.69, 9.17) is 57.4 Å². The molecule has 0 saturated heterocycles. The number of benzene rings is 4. The summed E-state index contributed by atoms with van der Waals surface area (Å²) in [6.45, 7) is 0. The van der Waals surface area contributed by atoms with Gasteiger partial charge in [-0.25, -0.2) is 0 Å². The van der Waals surface area contributed by atoms with E-state index >= 15 is 0 Å². The van der Waals surface area contributed by atoms with Crippen molar-refractivity contribution in [3.05, 3.63) is 60.7 Å². The molecule has 32 heavy (non-hydrogen) atoms. The maximum absolute atomic E-state index is 8.70. The van der Waals surface area contributed by atoms with Crippen LogP contribution in [-0.4, -0.2) is 39.1 Å². The fourth-order valence-electron chi connectivity index (χ4n) is 2.67. The number of hydrogen-bond acceptors (Lipinski definition) is 4. The van der Waals surface area contributed by atoms with Crippen molar-refractivity contribution < 1.29 is 57.4 Å². The molecule has 0 radical (unpaired) electrons. The first-order chi connectivity index (χ1) is 14.9. The molecule has 0 saturated carbocycles. The highest BCUT2D eigenvalue weighted by atomic mass is 31.1. The topological polar surface area (TPSA) is 230 Å². The Hall–Kier alpha value is -2.00. The van der Waals surface area contributed by atoms with Gasteiger partial charge in [0.25, 0.3) is 0 Å². The van der Waals surface area contributed by atoms with Crippen LogP contribution in [0.15, 0.2) is 60.7 Å². The summed E-state index contributed by atoms with van der Waals surface area (Å²) in [7, 11) is -11.5. The zero-order chi connectivity index (χ0) is 24.8. The van der Waals surface area contributed by atoms with Crippen LogP contribution in [0.4, 0.5) is 0 Å². The fourth-order valence-corrected chi connectivity index (χ4v) is 2.67. The predicted molar refractivity (Wildman–Crippen MR) is 118 cm³/mol. The Morgan fingerprint density at radius 1 is 0.375 bits per heavy atom. The van der Waals surface area contributed by atoms with Gasteiger partial charge in [0.1, 0.15) is 0 Å². The average Bonchev–Trinajstić information content (AvgIpc) is 2.64. The minimum atomic E-state index is -2.87. The van der Waals surface area contributed by atoms with Gasteiger partial charge in [0, 0.05) is 18.3 Å². The lowest BCUT2D eigenvalue weighted by Gasteiger charge is -2.09. The molecule has 0 aliphatic carbocycles. The Morgan fingerprint density at radius 2 is 0.531 bits per heavy atom. The summed E-state index contributed by atoms with van der Waals surface area (Å²) >= 11 is 0. The van der Waals surface area contributed by atoms with Crippen LogP contribution in [0.3, 0.4) is 0 Å². The van der Waals surface area contributed by atoms with E-state index in [1.165, 1.54) is 32.3 Å². The Kier molecular flexibility index (Phi) is 14.8. The molecule has 0 aliphatic rings. The maximum Gasteiger partial charge on any atom is 0.692 e.